The molecule has 2 nitrogen and oxygen atoms in total. The second kappa shape index (κ2) is 18.0. The van der Waals surface area contributed by atoms with E-state index in [2.05, 4.69) is 25.7 Å². The van der Waals surface area contributed by atoms with E-state index in [0.29, 0.717) is 13.0 Å². The standard InChI is InChI=1S/C20H36O2/c1-3-5-7-9-11-12-13-14-16-18-20(21)22-19-17-15-10-8-6-4-2/h4-5,7H,2-3,6,8-19H2,1H3/b7-5+. The highest BCUT2D eigenvalue weighted by Gasteiger charge is 2.02. The van der Waals surface area contributed by atoms with Crippen LogP contribution in [0.5, 0.6) is 0 Å². The van der Waals surface area contributed by atoms with Crippen LogP contribution in [0.15, 0.2) is 24.8 Å². The van der Waals surface area contributed by atoms with Crippen LogP contribution >= 0.6 is 0 Å². The van der Waals surface area contributed by atoms with Gasteiger partial charge in [-0.1, -0.05) is 57.3 Å². The van der Waals surface area contributed by atoms with Gasteiger partial charge in [-0.25, -0.2) is 0 Å². The van der Waals surface area contributed by atoms with Crippen molar-refractivity contribution in [3.63, 3.8) is 0 Å². The second-order valence-electron chi connectivity index (χ2n) is 5.90. The van der Waals surface area contributed by atoms with Gasteiger partial charge in [0.25, 0.3) is 0 Å². The highest BCUT2D eigenvalue weighted by molar-refractivity contribution is 5.69. The first-order chi connectivity index (χ1) is 10.8. The molecule has 0 spiro atoms. The van der Waals surface area contributed by atoms with Crippen LogP contribution in [-0.2, 0) is 9.53 Å². The Balaban J connectivity index is 3.19. The maximum absolute atomic E-state index is 11.5. The van der Waals surface area contributed by atoms with E-state index in [4.69, 9.17) is 4.74 Å². The molecule has 0 saturated heterocycles. The van der Waals surface area contributed by atoms with Crippen molar-refractivity contribution in [2.45, 2.75) is 90.4 Å². The minimum atomic E-state index is -0.0167. The molecule has 128 valence electrons. The zero-order valence-electron chi connectivity index (χ0n) is 14.7. The Bertz CT molecular complexity index is 281. The number of unbranched alkanes of at least 4 members (excludes halogenated alkanes) is 9. The monoisotopic (exact) mass is 308 g/mol. The number of allylic oxidation sites excluding steroid dienone is 3. The maximum Gasteiger partial charge on any atom is 0.305 e. The molecule has 0 aromatic carbocycles. The van der Waals surface area contributed by atoms with Crippen LogP contribution in [0.25, 0.3) is 0 Å². The molecule has 2 heteroatoms. The fourth-order valence-electron chi connectivity index (χ4n) is 2.35. The predicted octanol–water partition coefficient (Wildman–Crippen LogP) is 6.36. The average molecular weight is 309 g/mol. The molecule has 0 fully saturated rings. The van der Waals surface area contributed by atoms with Crippen LogP contribution in [0.3, 0.4) is 0 Å². The first-order valence-corrected chi connectivity index (χ1v) is 9.22. The molecule has 22 heavy (non-hydrogen) atoms. The van der Waals surface area contributed by atoms with Crippen LogP contribution in [0.2, 0.25) is 0 Å². The molecular weight excluding hydrogens is 272 g/mol. The van der Waals surface area contributed by atoms with Crippen molar-refractivity contribution in [3.8, 4) is 0 Å². The average Bonchev–Trinajstić information content (AvgIpc) is 2.52. The van der Waals surface area contributed by atoms with Gasteiger partial charge in [-0.15, -0.1) is 6.58 Å². The number of carbonyl (C=O) groups is 1. The summed E-state index contributed by atoms with van der Waals surface area (Å²) in [7, 11) is 0. The molecule has 0 aliphatic carbocycles. The number of rotatable bonds is 16. The van der Waals surface area contributed by atoms with E-state index in [0.717, 1.165) is 38.5 Å². The van der Waals surface area contributed by atoms with E-state index < -0.39 is 0 Å². The summed E-state index contributed by atoms with van der Waals surface area (Å²) in [5.41, 5.74) is 0. The fraction of sp³-hybridized carbons (Fsp3) is 0.750. The lowest BCUT2D eigenvalue weighted by Crippen LogP contribution is -2.05. The molecule has 0 radical (unpaired) electrons. The van der Waals surface area contributed by atoms with Crippen LogP contribution in [0, 0.1) is 0 Å². The summed E-state index contributed by atoms with van der Waals surface area (Å²) in [6.07, 6.45) is 20.9. The molecule has 0 atom stereocenters. The molecule has 0 rings (SSSR count). The number of ether oxygens (including phenoxy) is 1. The molecular formula is C20H36O2. The van der Waals surface area contributed by atoms with Gasteiger partial charge >= 0.3 is 5.97 Å². The molecule has 0 aromatic rings. The van der Waals surface area contributed by atoms with Crippen LogP contribution in [0.4, 0.5) is 0 Å². The summed E-state index contributed by atoms with van der Waals surface area (Å²) in [5.74, 6) is -0.0167. The molecule has 0 aliphatic heterocycles. The van der Waals surface area contributed by atoms with Crippen LogP contribution in [-0.4, -0.2) is 12.6 Å². The Morgan fingerprint density at radius 3 is 2.23 bits per heavy atom. The van der Waals surface area contributed by atoms with Gasteiger partial charge in [0.2, 0.25) is 0 Å². The minimum Gasteiger partial charge on any atom is -0.466 e. The number of esters is 1. The Kier molecular flexibility index (Phi) is 17.1. The lowest BCUT2D eigenvalue weighted by atomic mass is 10.1. The molecule has 0 amide bonds. The third-order valence-corrected chi connectivity index (χ3v) is 3.72. The molecule has 0 bridgehead atoms. The van der Waals surface area contributed by atoms with Crippen LogP contribution in [0.1, 0.15) is 90.4 Å². The Morgan fingerprint density at radius 2 is 1.50 bits per heavy atom. The summed E-state index contributed by atoms with van der Waals surface area (Å²) in [6, 6.07) is 0. The first-order valence-electron chi connectivity index (χ1n) is 9.22. The lowest BCUT2D eigenvalue weighted by molar-refractivity contribution is -0.143. The summed E-state index contributed by atoms with van der Waals surface area (Å²) < 4.78 is 5.25. The second-order valence-corrected chi connectivity index (χ2v) is 5.90. The van der Waals surface area contributed by atoms with Crippen molar-refractivity contribution in [2.75, 3.05) is 6.61 Å². The van der Waals surface area contributed by atoms with Gasteiger partial charge in [0.05, 0.1) is 6.61 Å². The molecule has 0 N–H and O–H groups in total. The van der Waals surface area contributed by atoms with Crippen molar-refractivity contribution >= 4 is 5.97 Å². The normalized spacial score (nSPS) is 11.0. The molecule has 0 heterocycles. The highest BCUT2D eigenvalue weighted by atomic mass is 16.5. The van der Waals surface area contributed by atoms with Gasteiger partial charge in [0.15, 0.2) is 0 Å². The van der Waals surface area contributed by atoms with Gasteiger partial charge in [-0.3, -0.25) is 4.79 Å². The molecule has 0 aliphatic rings. The summed E-state index contributed by atoms with van der Waals surface area (Å²) in [6.45, 7) is 6.47. The van der Waals surface area contributed by atoms with E-state index in [1.807, 2.05) is 6.08 Å². The quantitative estimate of drug-likeness (QED) is 0.188. The van der Waals surface area contributed by atoms with E-state index in [1.165, 1.54) is 38.5 Å². The predicted molar refractivity (Wildman–Crippen MR) is 96.0 cm³/mol. The minimum absolute atomic E-state index is 0.0167. The Morgan fingerprint density at radius 1 is 0.864 bits per heavy atom. The highest BCUT2D eigenvalue weighted by Crippen LogP contribution is 2.09. The smallest absolute Gasteiger partial charge is 0.305 e. The fourth-order valence-corrected chi connectivity index (χ4v) is 2.35. The van der Waals surface area contributed by atoms with Gasteiger partial charge in [-0.05, 0) is 44.9 Å². The van der Waals surface area contributed by atoms with E-state index in [-0.39, 0.29) is 5.97 Å². The summed E-state index contributed by atoms with van der Waals surface area (Å²) in [4.78, 5) is 11.5. The first kappa shape index (κ1) is 20.9. The maximum atomic E-state index is 11.5. The Labute approximate surface area is 138 Å². The number of hydrogen-bond donors (Lipinski definition) is 0. The molecule has 0 unspecified atom stereocenters. The van der Waals surface area contributed by atoms with Crippen molar-refractivity contribution in [2.24, 2.45) is 0 Å². The molecule has 0 aromatic heterocycles. The van der Waals surface area contributed by atoms with Crippen LogP contribution < -0.4 is 0 Å². The lowest BCUT2D eigenvalue weighted by Gasteiger charge is -2.05. The molecule has 0 saturated carbocycles. The summed E-state index contributed by atoms with van der Waals surface area (Å²) in [5, 5.41) is 0. The van der Waals surface area contributed by atoms with Crippen molar-refractivity contribution in [1.29, 1.82) is 0 Å². The third kappa shape index (κ3) is 17.0. The van der Waals surface area contributed by atoms with E-state index >= 15 is 0 Å². The van der Waals surface area contributed by atoms with Gasteiger partial charge in [0, 0.05) is 6.42 Å². The largest absolute Gasteiger partial charge is 0.466 e. The van der Waals surface area contributed by atoms with Crippen molar-refractivity contribution in [3.05, 3.63) is 24.8 Å². The number of hydrogen-bond acceptors (Lipinski definition) is 2. The third-order valence-electron chi connectivity index (χ3n) is 3.72. The number of carbonyl (C=O) groups excluding carboxylic acids is 1. The van der Waals surface area contributed by atoms with Gasteiger partial charge in [0.1, 0.15) is 0 Å². The topological polar surface area (TPSA) is 26.3 Å². The zero-order chi connectivity index (χ0) is 16.3. The zero-order valence-corrected chi connectivity index (χ0v) is 14.7. The van der Waals surface area contributed by atoms with Crippen molar-refractivity contribution in [1.82, 2.24) is 0 Å². The van der Waals surface area contributed by atoms with E-state index in [1.54, 1.807) is 0 Å². The van der Waals surface area contributed by atoms with Gasteiger partial charge < -0.3 is 4.74 Å². The Hall–Kier alpha value is -1.05. The SMILES string of the molecule is C=CCCCCCCOC(=O)CCCCCCC/C=C/CC. The van der Waals surface area contributed by atoms with E-state index in [9.17, 15) is 4.79 Å². The van der Waals surface area contributed by atoms with Gasteiger partial charge in [-0.2, -0.15) is 0 Å². The van der Waals surface area contributed by atoms with Crippen molar-refractivity contribution < 1.29 is 9.53 Å². The summed E-state index contributed by atoms with van der Waals surface area (Å²) >= 11 is 0.